The number of thiophene rings is 1. The predicted molar refractivity (Wildman–Crippen MR) is 232 cm³/mol. The number of aromatic nitrogens is 4. The van der Waals surface area contributed by atoms with Gasteiger partial charge in [-0.2, -0.15) is 0 Å². The molecule has 0 N–H and O–H groups in total. The molecule has 0 fully saturated rings. The van der Waals surface area contributed by atoms with Gasteiger partial charge in [-0.25, -0.2) is 19.9 Å². The molecule has 12 aromatic rings. The van der Waals surface area contributed by atoms with Crippen molar-refractivity contribution in [1.29, 1.82) is 0 Å². The average molecular weight is 749 g/mol. The Morgan fingerprint density at radius 3 is 1.81 bits per heavy atom. The van der Waals surface area contributed by atoms with E-state index in [0.29, 0.717) is 23.4 Å². The van der Waals surface area contributed by atoms with Crippen molar-refractivity contribution in [3.8, 4) is 56.7 Å². The summed E-state index contributed by atoms with van der Waals surface area (Å²) in [4.78, 5) is 20.4. The van der Waals surface area contributed by atoms with Crippen LogP contribution in [0.5, 0.6) is 0 Å². The van der Waals surface area contributed by atoms with Gasteiger partial charge in [0.1, 0.15) is 16.7 Å². The minimum atomic E-state index is 0.591. The summed E-state index contributed by atoms with van der Waals surface area (Å²) in [5.41, 5.74) is 9.24. The van der Waals surface area contributed by atoms with Gasteiger partial charge in [0.15, 0.2) is 23.1 Å². The maximum absolute atomic E-state index is 6.35. The summed E-state index contributed by atoms with van der Waals surface area (Å²) in [5, 5.41) is 6.53. The van der Waals surface area contributed by atoms with Crippen LogP contribution in [0.15, 0.2) is 179 Å². The Balaban J connectivity index is 1.06. The number of nitrogens with zero attached hydrogens (tertiary/aromatic N) is 4. The van der Waals surface area contributed by atoms with E-state index >= 15 is 0 Å². The largest absolute Gasteiger partial charge is 0.456 e. The molecule has 0 aliphatic carbocycles. The smallest absolute Gasteiger partial charge is 0.227 e. The fraction of sp³-hybridized carbons (Fsp3) is 0. The lowest BCUT2D eigenvalue weighted by Gasteiger charge is -2.14. The lowest BCUT2D eigenvalue weighted by molar-refractivity contribution is 0.620. The molecule has 0 unspecified atom stereocenters. The van der Waals surface area contributed by atoms with Gasteiger partial charge in [-0.15, -0.1) is 11.3 Å². The lowest BCUT2D eigenvalue weighted by Crippen LogP contribution is -2.01. The second kappa shape index (κ2) is 12.5. The molecule has 266 valence electrons. The average Bonchev–Trinajstić information content (AvgIpc) is 3.98. The third-order valence-electron chi connectivity index (χ3n) is 10.8. The quantitative estimate of drug-likeness (QED) is 0.174. The molecule has 57 heavy (non-hydrogen) atoms. The van der Waals surface area contributed by atoms with E-state index in [2.05, 4.69) is 78.9 Å². The minimum Gasteiger partial charge on any atom is -0.456 e. The maximum atomic E-state index is 6.35. The van der Waals surface area contributed by atoms with Gasteiger partial charge in [-0.1, -0.05) is 121 Å². The normalized spacial score (nSPS) is 11.9. The molecule has 12 rings (SSSR count). The van der Waals surface area contributed by atoms with E-state index < -0.39 is 0 Å². The molecule has 0 saturated carbocycles. The van der Waals surface area contributed by atoms with Crippen LogP contribution in [0.1, 0.15) is 0 Å². The first-order valence-electron chi connectivity index (χ1n) is 18.8. The van der Waals surface area contributed by atoms with E-state index in [1.54, 1.807) is 11.3 Å². The molecule has 0 spiro atoms. The van der Waals surface area contributed by atoms with Crippen molar-refractivity contribution in [3.63, 3.8) is 0 Å². The SMILES string of the molecule is c1ccc(-c2nc(-c3ccc(-c4cccc5sc6cc7nc(-c8ccccc8)oc7cc6c45)c4ccccc34)nc(-c3cccc4oc5ccccc5c34)n2)cc1. The van der Waals surface area contributed by atoms with Gasteiger partial charge >= 0.3 is 0 Å². The second-order valence-corrected chi connectivity index (χ2v) is 15.2. The first kappa shape index (κ1) is 31.8. The Hall–Kier alpha value is -7.48. The zero-order valence-corrected chi connectivity index (χ0v) is 31.0. The van der Waals surface area contributed by atoms with Crippen molar-refractivity contribution in [2.75, 3.05) is 0 Å². The van der Waals surface area contributed by atoms with Crippen molar-refractivity contribution < 1.29 is 8.83 Å². The highest BCUT2D eigenvalue weighted by Gasteiger charge is 2.21. The molecule has 0 aliphatic heterocycles. The summed E-state index contributed by atoms with van der Waals surface area (Å²) in [6.07, 6.45) is 0. The third kappa shape index (κ3) is 5.10. The first-order chi connectivity index (χ1) is 28.2. The van der Waals surface area contributed by atoms with E-state index in [-0.39, 0.29) is 0 Å². The Morgan fingerprint density at radius 1 is 0.351 bits per heavy atom. The molecule has 4 heterocycles. The van der Waals surface area contributed by atoms with Gasteiger partial charge < -0.3 is 8.83 Å². The molecule has 4 aromatic heterocycles. The molecule has 0 atom stereocenters. The fourth-order valence-corrected chi connectivity index (χ4v) is 9.35. The highest BCUT2D eigenvalue weighted by Crippen LogP contribution is 2.45. The number of rotatable bonds is 5. The summed E-state index contributed by atoms with van der Waals surface area (Å²) in [6, 6.07) is 58.2. The molecule has 0 saturated heterocycles. The molecule has 6 nitrogen and oxygen atoms in total. The van der Waals surface area contributed by atoms with Crippen LogP contribution in [0.3, 0.4) is 0 Å². The van der Waals surface area contributed by atoms with E-state index in [9.17, 15) is 0 Å². The lowest BCUT2D eigenvalue weighted by atomic mass is 9.92. The molecule has 0 bridgehead atoms. The number of para-hydroxylation sites is 1. The fourth-order valence-electron chi connectivity index (χ4n) is 8.20. The van der Waals surface area contributed by atoms with Crippen LogP contribution in [0.2, 0.25) is 0 Å². The molecule has 0 radical (unpaired) electrons. The Kier molecular flexibility index (Phi) is 7.00. The van der Waals surface area contributed by atoms with Crippen LogP contribution in [-0.4, -0.2) is 19.9 Å². The van der Waals surface area contributed by atoms with Crippen LogP contribution in [-0.2, 0) is 0 Å². The third-order valence-corrected chi connectivity index (χ3v) is 11.9. The van der Waals surface area contributed by atoms with Crippen LogP contribution < -0.4 is 0 Å². The minimum absolute atomic E-state index is 0.591. The summed E-state index contributed by atoms with van der Waals surface area (Å²) >= 11 is 1.78. The van der Waals surface area contributed by atoms with Crippen molar-refractivity contribution in [2.24, 2.45) is 0 Å². The van der Waals surface area contributed by atoms with Crippen LogP contribution in [0.4, 0.5) is 0 Å². The van der Waals surface area contributed by atoms with Crippen LogP contribution >= 0.6 is 11.3 Å². The van der Waals surface area contributed by atoms with E-state index in [1.165, 1.54) is 14.8 Å². The summed E-state index contributed by atoms with van der Waals surface area (Å²) in [7, 11) is 0. The van der Waals surface area contributed by atoms with Crippen molar-refractivity contribution in [1.82, 2.24) is 19.9 Å². The summed E-state index contributed by atoms with van der Waals surface area (Å²) < 4.78 is 15.0. The number of fused-ring (bicyclic) bond motifs is 8. The predicted octanol–water partition coefficient (Wildman–Crippen LogP) is 13.8. The van der Waals surface area contributed by atoms with Crippen molar-refractivity contribution in [2.45, 2.75) is 0 Å². The van der Waals surface area contributed by atoms with Crippen molar-refractivity contribution >= 4 is 75.3 Å². The zero-order chi connectivity index (χ0) is 37.5. The molecule has 0 amide bonds. The first-order valence-corrected chi connectivity index (χ1v) is 19.6. The summed E-state index contributed by atoms with van der Waals surface area (Å²) in [5.74, 6) is 2.43. The van der Waals surface area contributed by atoms with E-state index in [0.717, 1.165) is 82.6 Å². The number of benzene rings is 8. The number of oxazole rings is 1. The van der Waals surface area contributed by atoms with Gasteiger partial charge in [0, 0.05) is 53.2 Å². The number of hydrogen-bond acceptors (Lipinski definition) is 7. The highest BCUT2D eigenvalue weighted by molar-refractivity contribution is 7.26. The number of hydrogen-bond donors (Lipinski definition) is 0. The standard InChI is InChI=1S/C50H28N4O2S/c1-3-13-29(14-4-1)47-52-48(54-49(53-47)37-21-11-23-41-45(37)36-19-9-10-22-40(36)55-41)35-26-25-33(31-17-7-8-18-32(31)35)34-20-12-24-43-46(34)38-27-42-39(28-44(38)57-43)51-50(56-42)30-15-5-2-6-16-30/h1-28H. The molecule has 7 heteroatoms. The highest BCUT2D eigenvalue weighted by atomic mass is 32.1. The van der Waals surface area contributed by atoms with Crippen LogP contribution in [0.25, 0.3) is 121 Å². The van der Waals surface area contributed by atoms with Gasteiger partial charge in [0.2, 0.25) is 5.89 Å². The zero-order valence-electron chi connectivity index (χ0n) is 30.2. The Bertz CT molecular complexity index is 3530. The molecular formula is C50H28N4O2S. The second-order valence-electron chi connectivity index (χ2n) is 14.1. The van der Waals surface area contributed by atoms with Gasteiger partial charge in [0.25, 0.3) is 0 Å². The maximum Gasteiger partial charge on any atom is 0.227 e. The number of furan rings is 1. The van der Waals surface area contributed by atoms with Crippen molar-refractivity contribution in [3.05, 3.63) is 170 Å². The Morgan fingerprint density at radius 2 is 0.982 bits per heavy atom. The Labute approximate surface area is 329 Å². The summed E-state index contributed by atoms with van der Waals surface area (Å²) in [6.45, 7) is 0. The molecular weight excluding hydrogens is 721 g/mol. The molecule has 0 aliphatic rings. The van der Waals surface area contributed by atoms with Gasteiger partial charge in [-0.3, -0.25) is 0 Å². The topological polar surface area (TPSA) is 77.8 Å². The van der Waals surface area contributed by atoms with Crippen LogP contribution in [0, 0.1) is 0 Å². The van der Waals surface area contributed by atoms with Gasteiger partial charge in [-0.05, 0) is 70.4 Å². The van der Waals surface area contributed by atoms with E-state index in [1.807, 2.05) is 91.0 Å². The molecule has 8 aromatic carbocycles. The monoisotopic (exact) mass is 748 g/mol. The van der Waals surface area contributed by atoms with E-state index in [4.69, 9.17) is 28.8 Å². The van der Waals surface area contributed by atoms with Gasteiger partial charge in [0.05, 0.1) is 0 Å².